The lowest BCUT2D eigenvalue weighted by Crippen LogP contribution is -2.43. The first kappa shape index (κ1) is 13.1. The number of nitrogens with one attached hydrogen (secondary N) is 2. The zero-order chi connectivity index (χ0) is 13.0. The van der Waals surface area contributed by atoms with E-state index in [-0.39, 0.29) is 11.9 Å². The molecule has 1 aromatic heterocycles. The number of rotatable bonds is 7. The van der Waals surface area contributed by atoms with Gasteiger partial charge in [-0.3, -0.25) is 4.79 Å². The van der Waals surface area contributed by atoms with Crippen molar-refractivity contribution in [2.45, 2.75) is 45.7 Å². The molecule has 0 aliphatic heterocycles. The van der Waals surface area contributed by atoms with Gasteiger partial charge < -0.3 is 15.1 Å². The van der Waals surface area contributed by atoms with Crippen LogP contribution in [0.15, 0.2) is 22.8 Å². The van der Waals surface area contributed by atoms with Gasteiger partial charge in [0.1, 0.15) is 5.76 Å². The number of amides is 1. The Morgan fingerprint density at radius 3 is 2.89 bits per heavy atom. The van der Waals surface area contributed by atoms with Crippen molar-refractivity contribution < 1.29 is 9.21 Å². The van der Waals surface area contributed by atoms with E-state index in [2.05, 4.69) is 17.6 Å². The van der Waals surface area contributed by atoms with Crippen molar-refractivity contribution >= 4 is 5.91 Å². The summed E-state index contributed by atoms with van der Waals surface area (Å²) in [5.41, 5.74) is 0.468. The number of carbonyl (C=O) groups excluding carboxylic acids is 1. The van der Waals surface area contributed by atoms with Crippen molar-refractivity contribution in [1.29, 1.82) is 0 Å². The van der Waals surface area contributed by atoms with E-state index in [1.807, 2.05) is 19.1 Å². The van der Waals surface area contributed by atoms with Gasteiger partial charge in [-0.2, -0.15) is 0 Å². The van der Waals surface area contributed by atoms with Crippen molar-refractivity contribution in [2.75, 3.05) is 6.54 Å². The van der Waals surface area contributed by atoms with E-state index in [1.54, 1.807) is 6.26 Å². The van der Waals surface area contributed by atoms with E-state index in [4.69, 9.17) is 4.42 Å². The molecule has 4 heteroatoms. The molecule has 1 unspecified atom stereocenters. The van der Waals surface area contributed by atoms with Gasteiger partial charge in [-0.05, 0) is 43.7 Å². The molecule has 1 atom stereocenters. The Kier molecular flexibility index (Phi) is 4.07. The third-order valence-electron chi connectivity index (χ3n) is 3.90. The molecule has 1 amide bonds. The largest absolute Gasteiger partial charge is 0.467 e. The van der Waals surface area contributed by atoms with Crippen LogP contribution in [0.2, 0.25) is 0 Å². The SMILES string of the molecule is CCC1(CNC(C)C(=O)NCc2ccco2)CC1. The summed E-state index contributed by atoms with van der Waals surface area (Å²) in [7, 11) is 0. The molecule has 1 aliphatic rings. The normalized spacial score (nSPS) is 18.3. The average Bonchev–Trinajstić information content (AvgIpc) is 2.99. The van der Waals surface area contributed by atoms with Gasteiger partial charge in [-0.1, -0.05) is 6.92 Å². The van der Waals surface area contributed by atoms with E-state index >= 15 is 0 Å². The fourth-order valence-electron chi connectivity index (χ4n) is 2.03. The van der Waals surface area contributed by atoms with Crippen LogP contribution in [-0.4, -0.2) is 18.5 Å². The predicted molar refractivity (Wildman–Crippen MR) is 70.0 cm³/mol. The van der Waals surface area contributed by atoms with Crippen LogP contribution < -0.4 is 10.6 Å². The minimum atomic E-state index is -0.149. The Labute approximate surface area is 108 Å². The van der Waals surface area contributed by atoms with Crippen LogP contribution in [0.1, 0.15) is 38.9 Å². The maximum Gasteiger partial charge on any atom is 0.237 e. The lowest BCUT2D eigenvalue weighted by atomic mass is 10.0. The first-order valence-electron chi connectivity index (χ1n) is 6.69. The fraction of sp³-hybridized carbons (Fsp3) is 0.643. The van der Waals surface area contributed by atoms with Gasteiger partial charge in [-0.15, -0.1) is 0 Å². The monoisotopic (exact) mass is 250 g/mol. The molecule has 1 heterocycles. The van der Waals surface area contributed by atoms with E-state index in [1.165, 1.54) is 19.3 Å². The molecule has 1 aliphatic carbocycles. The van der Waals surface area contributed by atoms with Crippen molar-refractivity contribution in [1.82, 2.24) is 10.6 Å². The minimum absolute atomic E-state index is 0.0262. The summed E-state index contributed by atoms with van der Waals surface area (Å²) in [4.78, 5) is 11.8. The minimum Gasteiger partial charge on any atom is -0.467 e. The second-order valence-corrected chi connectivity index (χ2v) is 5.25. The molecule has 0 aromatic carbocycles. The third kappa shape index (κ3) is 3.35. The molecular formula is C14H22N2O2. The Morgan fingerprint density at radius 2 is 2.33 bits per heavy atom. The van der Waals surface area contributed by atoms with Gasteiger partial charge in [0.2, 0.25) is 5.91 Å². The van der Waals surface area contributed by atoms with Crippen LogP contribution in [-0.2, 0) is 11.3 Å². The van der Waals surface area contributed by atoms with Gasteiger partial charge in [-0.25, -0.2) is 0 Å². The second kappa shape index (κ2) is 5.57. The van der Waals surface area contributed by atoms with Crippen molar-refractivity contribution in [2.24, 2.45) is 5.41 Å². The highest BCUT2D eigenvalue weighted by Crippen LogP contribution is 2.47. The third-order valence-corrected chi connectivity index (χ3v) is 3.90. The Balaban J connectivity index is 1.68. The number of hydrogen-bond donors (Lipinski definition) is 2. The summed E-state index contributed by atoms with van der Waals surface area (Å²) in [6, 6.07) is 3.53. The fourth-order valence-corrected chi connectivity index (χ4v) is 2.03. The lowest BCUT2D eigenvalue weighted by Gasteiger charge is -2.18. The smallest absolute Gasteiger partial charge is 0.237 e. The quantitative estimate of drug-likeness (QED) is 0.779. The Bertz CT molecular complexity index is 383. The average molecular weight is 250 g/mol. The van der Waals surface area contributed by atoms with Crippen molar-refractivity contribution in [3.8, 4) is 0 Å². The number of hydrogen-bond acceptors (Lipinski definition) is 3. The van der Waals surface area contributed by atoms with Gasteiger partial charge >= 0.3 is 0 Å². The standard InChI is InChI=1S/C14H22N2O2/c1-3-14(6-7-14)10-16-11(2)13(17)15-9-12-5-4-8-18-12/h4-5,8,11,16H,3,6-7,9-10H2,1-2H3,(H,15,17). The lowest BCUT2D eigenvalue weighted by molar-refractivity contribution is -0.123. The highest BCUT2D eigenvalue weighted by Gasteiger charge is 2.40. The summed E-state index contributed by atoms with van der Waals surface area (Å²) >= 11 is 0. The van der Waals surface area contributed by atoms with E-state index in [9.17, 15) is 4.79 Å². The van der Waals surface area contributed by atoms with Crippen LogP contribution in [0, 0.1) is 5.41 Å². The number of furan rings is 1. The van der Waals surface area contributed by atoms with Gasteiger partial charge in [0, 0.05) is 6.54 Å². The van der Waals surface area contributed by atoms with Crippen LogP contribution in [0.5, 0.6) is 0 Å². The Hall–Kier alpha value is -1.29. The zero-order valence-electron chi connectivity index (χ0n) is 11.2. The molecule has 100 valence electrons. The molecule has 1 aromatic rings. The van der Waals surface area contributed by atoms with Crippen LogP contribution in [0.3, 0.4) is 0 Å². The molecule has 1 fully saturated rings. The maximum absolute atomic E-state index is 11.8. The molecule has 0 saturated heterocycles. The molecule has 0 radical (unpaired) electrons. The zero-order valence-corrected chi connectivity index (χ0v) is 11.2. The summed E-state index contributed by atoms with van der Waals surface area (Å²) in [5, 5.41) is 6.19. The van der Waals surface area contributed by atoms with E-state index in [0.717, 1.165) is 12.3 Å². The molecule has 4 nitrogen and oxygen atoms in total. The van der Waals surface area contributed by atoms with Gasteiger partial charge in [0.25, 0.3) is 0 Å². The summed E-state index contributed by atoms with van der Waals surface area (Å²) in [6.07, 6.45) is 5.39. The topological polar surface area (TPSA) is 54.3 Å². The molecule has 2 rings (SSSR count). The van der Waals surface area contributed by atoms with Crippen LogP contribution >= 0.6 is 0 Å². The van der Waals surface area contributed by atoms with Crippen LogP contribution in [0.25, 0.3) is 0 Å². The van der Waals surface area contributed by atoms with E-state index in [0.29, 0.717) is 12.0 Å². The maximum atomic E-state index is 11.8. The molecule has 1 saturated carbocycles. The highest BCUT2D eigenvalue weighted by molar-refractivity contribution is 5.81. The first-order chi connectivity index (χ1) is 8.65. The molecule has 0 bridgehead atoms. The van der Waals surface area contributed by atoms with Gasteiger partial charge in [0.05, 0.1) is 18.8 Å². The van der Waals surface area contributed by atoms with Crippen LogP contribution in [0.4, 0.5) is 0 Å². The van der Waals surface area contributed by atoms with Crippen molar-refractivity contribution in [3.63, 3.8) is 0 Å². The number of carbonyl (C=O) groups is 1. The molecular weight excluding hydrogens is 228 g/mol. The van der Waals surface area contributed by atoms with Gasteiger partial charge in [0.15, 0.2) is 0 Å². The Morgan fingerprint density at radius 1 is 1.56 bits per heavy atom. The summed E-state index contributed by atoms with van der Waals surface area (Å²) in [6.45, 7) is 5.52. The molecule has 0 spiro atoms. The van der Waals surface area contributed by atoms with Crippen molar-refractivity contribution in [3.05, 3.63) is 24.2 Å². The van der Waals surface area contributed by atoms with E-state index < -0.39 is 0 Å². The second-order valence-electron chi connectivity index (χ2n) is 5.25. The highest BCUT2D eigenvalue weighted by atomic mass is 16.3. The molecule has 2 N–H and O–H groups in total. The summed E-state index contributed by atoms with van der Waals surface area (Å²) < 4.78 is 5.17. The summed E-state index contributed by atoms with van der Waals surface area (Å²) in [5.74, 6) is 0.807. The first-order valence-corrected chi connectivity index (χ1v) is 6.69. The molecule has 18 heavy (non-hydrogen) atoms. The predicted octanol–water partition coefficient (Wildman–Crippen LogP) is 2.06.